The number of carbonyl (C=O) groups excluding carboxylic acids is 1. The van der Waals surface area contributed by atoms with Gasteiger partial charge in [0.1, 0.15) is 11.5 Å². The van der Waals surface area contributed by atoms with Gasteiger partial charge >= 0.3 is 0 Å². The van der Waals surface area contributed by atoms with Crippen LogP contribution in [-0.2, 0) is 10.0 Å². The van der Waals surface area contributed by atoms with E-state index in [1.165, 1.54) is 25.6 Å². The Balaban J connectivity index is 1.60. The van der Waals surface area contributed by atoms with Gasteiger partial charge in [-0.1, -0.05) is 29.0 Å². The van der Waals surface area contributed by atoms with E-state index in [9.17, 15) is 13.2 Å². The third-order valence-electron chi connectivity index (χ3n) is 5.15. The van der Waals surface area contributed by atoms with Gasteiger partial charge in [-0.25, -0.2) is 13.4 Å². The first-order valence-electron chi connectivity index (χ1n) is 10.2. The van der Waals surface area contributed by atoms with Crippen LogP contribution in [0.5, 0.6) is 11.5 Å². The number of hydrogen-bond acceptors (Lipinski definition) is 7. The molecule has 4 aromatic rings. The maximum absolute atomic E-state index is 12.9. The second kappa shape index (κ2) is 9.32. The molecule has 0 saturated carbocycles. The Bertz CT molecular complexity index is 1480. The van der Waals surface area contributed by atoms with Crippen molar-refractivity contribution in [2.75, 3.05) is 24.3 Å². The summed E-state index contributed by atoms with van der Waals surface area (Å²) in [5.41, 5.74) is 3.34. The highest BCUT2D eigenvalue weighted by molar-refractivity contribution is 7.93. The average Bonchev–Trinajstić information content (AvgIpc) is 3.21. The number of fused-ring (bicyclic) bond motifs is 1. The Kier molecular flexibility index (Phi) is 6.45. The lowest BCUT2D eigenvalue weighted by molar-refractivity contribution is 0.102. The quantitative estimate of drug-likeness (QED) is 0.373. The lowest BCUT2D eigenvalue weighted by Crippen LogP contribution is -2.13. The predicted octanol–water partition coefficient (Wildman–Crippen LogP) is 4.98. The Labute approximate surface area is 201 Å². The molecule has 3 aromatic carbocycles. The summed E-state index contributed by atoms with van der Waals surface area (Å²) in [4.78, 5) is 17.5. The molecule has 0 aliphatic rings. The fraction of sp³-hybridized carbons (Fsp3) is 0.167. The number of thiazole rings is 1. The molecule has 0 aliphatic carbocycles. The van der Waals surface area contributed by atoms with Crippen LogP contribution >= 0.6 is 11.3 Å². The molecule has 0 bridgehead atoms. The first-order valence-corrected chi connectivity index (χ1v) is 12.5. The second-order valence-electron chi connectivity index (χ2n) is 7.60. The summed E-state index contributed by atoms with van der Waals surface area (Å²) in [5.74, 6) is 0.624. The summed E-state index contributed by atoms with van der Waals surface area (Å²) in [7, 11) is -0.742. The van der Waals surface area contributed by atoms with Gasteiger partial charge in [-0.15, -0.1) is 0 Å². The monoisotopic (exact) mass is 497 g/mol. The standard InChI is InChI=1S/C24H23N3O5S2/c1-14-5-8-18(9-6-14)34(29,30)27-24-26-22-15(2)11-16(12-21(22)33-24)25-23(28)19-10-7-17(31-3)13-20(19)32-4/h5-13H,1-4H3,(H,25,28)(H,26,27). The van der Waals surface area contributed by atoms with E-state index in [1.54, 1.807) is 54.6 Å². The first kappa shape index (κ1) is 23.5. The molecule has 0 atom stereocenters. The van der Waals surface area contributed by atoms with Crippen molar-refractivity contribution in [2.45, 2.75) is 18.7 Å². The third-order valence-corrected chi connectivity index (χ3v) is 7.55. The van der Waals surface area contributed by atoms with Gasteiger partial charge < -0.3 is 14.8 Å². The summed E-state index contributed by atoms with van der Waals surface area (Å²) in [6, 6.07) is 15.1. The van der Waals surface area contributed by atoms with Crippen LogP contribution in [0.25, 0.3) is 10.2 Å². The van der Waals surface area contributed by atoms with Crippen LogP contribution in [0.4, 0.5) is 10.8 Å². The summed E-state index contributed by atoms with van der Waals surface area (Å²) in [6.07, 6.45) is 0. The van der Waals surface area contributed by atoms with E-state index < -0.39 is 10.0 Å². The molecule has 1 amide bonds. The number of aryl methyl sites for hydroxylation is 2. The maximum atomic E-state index is 12.9. The lowest BCUT2D eigenvalue weighted by Gasteiger charge is -2.11. The molecule has 34 heavy (non-hydrogen) atoms. The molecule has 4 rings (SSSR count). The molecule has 1 aromatic heterocycles. The van der Waals surface area contributed by atoms with E-state index >= 15 is 0 Å². The molecule has 2 N–H and O–H groups in total. The van der Waals surface area contributed by atoms with E-state index in [4.69, 9.17) is 9.47 Å². The van der Waals surface area contributed by atoms with Crippen LogP contribution in [-0.4, -0.2) is 33.5 Å². The number of methoxy groups -OCH3 is 2. The fourth-order valence-corrected chi connectivity index (χ4v) is 5.61. The number of carbonyl (C=O) groups is 1. The van der Waals surface area contributed by atoms with Gasteiger partial charge in [0.25, 0.3) is 15.9 Å². The van der Waals surface area contributed by atoms with Crippen LogP contribution in [0.2, 0.25) is 0 Å². The smallest absolute Gasteiger partial charge is 0.263 e. The van der Waals surface area contributed by atoms with Crippen LogP contribution in [0.3, 0.4) is 0 Å². The van der Waals surface area contributed by atoms with Gasteiger partial charge in [-0.3, -0.25) is 9.52 Å². The highest BCUT2D eigenvalue weighted by Crippen LogP contribution is 2.33. The third kappa shape index (κ3) is 4.82. The molecule has 0 saturated heterocycles. The summed E-state index contributed by atoms with van der Waals surface area (Å²) < 4.78 is 39.2. The zero-order chi connectivity index (χ0) is 24.5. The molecule has 1 heterocycles. The Morgan fingerprint density at radius 1 is 0.971 bits per heavy atom. The van der Waals surface area contributed by atoms with Crippen LogP contribution in [0, 0.1) is 13.8 Å². The van der Waals surface area contributed by atoms with Gasteiger partial charge in [0.15, 0.2) is 5.13 Å². The largest absolute Gasteiger partial charge is 0.497 e. The summed E-state index contributed by atoms with van der Waals surface area (Å²) >= 11 is 1.19. The molecule has 0 spiro atoms. The van der Waals surface area contributed by atoms with Crippen molar-refractivity contribution in [1.82, 2.24) is 4.98 Å². The number of nitrogens with zero attached hydrogens (tertiary/aromatic N) is 1. The number of hydrogen-bond donors (Lipinski definition) is 2. The van der Waals surface area contributed by atoms with Crippen LogP contribution in [0.1, 0.15) is 21.5 Å². The molecule has 0 fully saturated rings. The fourth-order valence-electron chi connectivity index (χ4n) is 3.39. The van der Waals surface area contributed by atoms with Gasteiger partial charge in [-0.05, 0) is 55.8 Å². The number of aromatic nitrogens is 1. The highest BCUT2D eigenvalue weighted by Gasteiger charge is 2.18. The minimum Gasteiger partial charge on any atom is -0.497 e. The molecule has 10 heteroatoms. The first-order chi connectivity index (χ1) is 16.2. The van der Waals surface area contributed by atoms with E-state index in [0.717, 1.165) is 15.8 Å². The zero-order valence-electron chi connectivity index (χ0n) is 19.0. The molecular weight excluding hydrogens is 474 g/mol. The maximum Gasteiger partial charge on any atom is 0.263 e. The van der Waals surface area contributed by atoms with E-state index in [2.05, 4.69) is 15.0 Å². The van der Waals surface area contributed by atoms with Gasteiger partial charge in [0.05, 0.1) is 34.9 Å². The molecule has 0 unspecified atom stereocenters. The van der Waals surface area contributed by atoms with Crippen molar-refractivity contribution >= 4 is 48.3 Å². The highest BCUT2D eigenvalue weighted by atomic mass is 32.2. The van der Waals surface area contributed by atoms with Crippen molar-refractivity contribution in [3.8, 4) is 11.5 Å². The van der Waals surface area contributed by atoms with Crippen molar-refractivity contribution in [3.05, 3.63) is 71.3 Å². The van der Waals surface area contributed by atoms with E-state index in [1.807, 2.05) is 13.8 Å². The van der Waals surface area contributed by atoms with Crippen LogP contribution in [0.15, 0.2) is 59.5 Å². The number of nitrogens with one attached hydrogen (secondary N) is 2. The Morgan fingerprint density at radius 2 is 1.71 bits per heavy atom. The lowest BCUT2D eigenvalue weighted by atomic mass is 10.1. The summed E-state index contributed by atoms with van der Waals surface area (Å²) in [6.45, 7) is 3.74. The van der Waals surface area contributed by atoms with E-state index in [0.29, 0.717) is 28.3 Å². The number of rotatable bonds is 7. The van der Waals surface area contributed by atoms with Gasteiger partial charge in [0.2, 0.25) is 0 Å². The number of sulfonamides is 1. The SMILES string of the molecule is COc1ccc(C(=O)Nc2cc(C)c3nc(NS(=O)(=O)c4ccc(C)cc4)sc3c2)c(OC)c1. The van der Waals surface area contributed by atoms with Crippen molar-refractivity contribution in [3.63, 3.8) is 0 Å². The Morgan fingerprint density at radius 3 is 2.38 bits per heavy atom. The number of benzene rings is 3. The van der Waals surface area contributed by atoms with Crippen molar-refractivity contribution in [2.24, 2.45) is 0 Å². The zero-order valence-corrected chi connectivity index (χ0v) is 20.6. The number of amides is 1. The minimum absolute atomic E-state index is 0.162. The van der Waals surface area contributed by atoms with Crippen LogP contribution < -0.4 is 19.5 Å². The van der Waals surface area contributed by atoms with Crippen molar-refractivity contribution < 1.29 is 22.7 Å². The van der Waals surface area contributed by atoms with Gasteiger partial charge in [0, 0.05) is 11.8 Å². The molecular formula is C24H23N3O5S2. The number of anilines is 2. The molecule has 8 nitrogen and oxygen atoms in total. The minimum atomic E-state index is -3.77. The van der Waals surface area contributed by atoms with Crippen molar-refractivity contribution in [1.29, 1.82) is 0 Å². The number of ether oxygens (including phenoxy) is 2. The summed E-state index contributed by atoms with van der Waals surface area (Å²) in [5, 5.41) is 3.12. The molecule has 176 valence electrons. The molecule has 0 aliphatic heterocycles. The Hall–Kier alpha value is -3.63. The van der Waals surface area contributed by atoms with Gasteiger partial charge in [-0.2, -0.15) is 0 Å². The van der Waals surface area contributed by atoms with E-state index in [-0.39, 0.29) is 15.9 Å². The molecule has 0 radical (unpaired) electrons. The predicted molar refractivity (Wildman–Crippen MR) is 134 cm³/mol. The average molecular weight is 498 g/mol. The second-order valence-corrected chi connectivity index (χ2v) is 10.3. The topological polar surface area (TPSA) is 107 Å². The normalized spacial score (nSPS) is 11.3.